The Labute approximate surface area is 201 Å². The molecule has 33 heavy (non-hydrogen) atoms. The monoisotopic (exact) mass is 475 g/mol. The van der Waals surface area contributed by atoms with Crippen molar-refractivity contribution in [1.29, 1.82) is 0 Å². The Morgan fingerprint density at radius 2 is 2.00 bits per heavy atom. The number of carbonyl (C=O) groups excluding carboxylic acids is 1. The lowest BCUT2D eigenvalue weighted by Gasteiger charge is -2.24. The molecule has 3 heterocycles. The summed E-state index contributed by atoms with van der Waals surface area (Å²) in [6, 6.07) is 17.8. The van der Waals surface area contributed by atoms with Crippen molar-refractivity contribution in [3.63, 3.8) is 0 Å². The second kappa shape index (κ2) is 9.15. The lowest BCUT2D eigenvalue weighted by Crippen LogP contribution is -2.32. The van der Waals surface area contributed by atoms with E-state index in [1.54, 1.807) is 15.9 Å². The molecule has 0 saturated carbocycles. The SMILES string of the molecule is Cc1ccc(C)c(-n2c(SCC(=O)N3CCCC3c3cccs3)nc3ccccc3c2=O)c1. The number of hydrogen-bond acceptors (Lipinski definition) is 5. The van der Waals surface area contributed by atoms with Crippen molar-refractivity contribution in [2.24, 2.45) is 0 Å². The molecule has 4 aromatic rings. The van der Waals surface area contributed by atoms with E-state index in [0.29, 0.717) is 16.1 Å². The first-order chi connectivity index (χ1) is 16.0. The third-order valence-electron chi connectivity index (χ3n) is 6.12. The van der Waals surface area contributed by atoms with Crippen LogP contribution < -0.4 is 5.56 Å². The molecular weight excluding hydrogens is 450 g/mol. The molecule has 7 heteroatoms. The number of rotatable bonds is 5. The zero-order valence-electron chi connectivity index (χ0n) is 18.7. The Kier molecular flexibility index (Phi) is 6.08. The van der Waals surface area contributed by atoms with Gasteiger partial charge in [0.05, 0.1) is 28.4 Å². The number of fused-ring (bicyclic) bond motifs is 1. The van der Waals surface area contributed by atoms with Crippen molar-refractivity contribution >= 4 is 39.9 Å². The van der Waals surface area contributed by atoms with Gasteiger partial charge in [-0.2, -0.15) is 0 Å². The summed E-state index contributed by atoms with van der Waals surface area (Å²) >= 11 is 3.05. The first kappa shape index (κ1) is 21.9. The minimum Gasteiger partial charge on any atom is -0.334 e. The van der Waals surface area contributed by atoms with Gasteiger partial charge >= 0.3 is 0 Å². The van der Waals surface area contributed by atoms with Gasteiger partial charge in [0.15, 0.2) is 5.16 Å². The van der Waals surface area contributed by atoms with Crippen LogP contribution >= 0.6 is 23.1 Å². The topological polar surface area (TPSA) is 55.2 Å². The van der Waals surface area contributed by atoms with E-state index in [2.05, 4.69) is 11.4 Å². The van der Waals surface area contributed by atoms with Crippen molar-refractivity contribution in [2.75, 3.05) is 12.3 Å². The molecule has 168 valence electrons. The lowest BCUT2D eigenvalue weighted by molar-refractivity contribution is -0.129. The van der Waals surface area contributed by atoms with Crippen LogP contribution in [-0.4, -0.2) is 32.7 Å². The third-order valence-corrected chi connectivity index (χ3v) is 8.02. The molecule has 1 atom stereocenters. The number of thiophene rings is 1. The van der Waals surface area contributed by atoms with Crippen LogP contribution in [0.25, 0.3) is 16.6 Å². The maximum absolute atomic E-state index is 13.5. The van der Waals surface area contributed by atoms with E-state index >= 15 is 0 Å². The quantitative estimate of drug-likeness (QED) is 0.282. The predicted molar refractivity (Wildman–Crippen MR) is 136 cm³/mol. The average molecular weight is 476 g/mol. The summed E-state index contributed by atoms with van der Waals surface area (Å²) in [5.74, 6) is 0.336. The molecule has 5 rings (SSSR count). The van der Waals surface area contributed by atoms with Crippen LogP contribution in [0.3, 0.4) is 0 Å². The highest BCUT2D eigenvalue weighted by atomic mass is 32.2. The summed E-state index contributed by atoms with van der Waals surface area (Å²) in [6.07, 6.45) is 2.01. The highest BCUT2D eigenvalue weighted by molar-refractivity contribution is 7.99. The molecule has 2 aromatic carbocycles. The van der Waals surface area contributed by atoms with Crippen molar-refractivity contribution in [3.05, 3.63) is 86.3 Å². The first-order valence-electron chi connectivity index (χ1n) is 11.1. The molecule has 1 amide bonds. The number of likely N-dealkylation sites (tertiary alicyclic amines) is 1. The fourth-order valence-electron chi connectivity index (χ4n) is 4.43. The van der Waals surface area contributed by atoms with Gasteiger partial charge < -0.3 is 4.90 Å². The largest absolute Gasteiger partial charge is 0.334 e. The van der Waals surface area contributed by atoms with Crippen molar-refractivity contribution in [2.45, 2.75) is 37.9 Å². The predicted octanol–water partition coefficient (Wildman–Crippen LogP) is 5.52. The first-order valence-corrected chi connectivity index (χ1v) is 12.9. The van der Waals surface area contributed by atoms with Gasteiger partial charge in [-0.25, -0.2) is 4.98 Å². The Bertz CT molecular complexity index is 1380. The van der Waals surface area contributed by atoms with Crippen LogP contribution in [-0.2, 0) is 4.79 Å². The number of amides is 1. The molecule has 0 spiro atoms. The van der Waals surface area contributed by atoms with Crippen LogP contribution in [0, 0.1) is 13.8 Å². The number of aryl methyl sites for hydroxylation is 2. The fraction of sp³-hybridized carbons (Fsp3) is 0.269. The van der Waals surface area contributed by atoms with Crippen LogP contribution in [0.4, 0.5) is 0 Å². The molecule has 5 nitrogen and oxygen atoms in total. The Balaban J connectivity index is 1.51. The van der Waals surface area contributed by atoms with Crippen molar-refractivity contribution in [3.8, 4) is 5.69 Å². The molecule has 1 saturated heterocycles. The van der Waals surface area contributed by atoms with Crippen LogP contribution in [0.1, 0.15) is 34.9 Å². The van der Waals surface area contributed by atoms with E-state index in [9.17, 15) is 9.59 Å². The molecule has 0 aliphatic carbocycles. The molecule has 0 N–H and O–H groups in total. The lowest BCUT2D eigenvalue weighted by atomic mass is 10.1. The minimum atomic E-state index is -0.109. The van der Waals surface area contributed by atoms with E-state index in [1.165, 1.54) is 16.6 Å². The number of nitrogens with zero attached hydrogens (tertiary/aromatic N) is 3. The van der Waals surface area contributed by atoms with E-state index in [4.69, 9.17) is 4.98 Å². The molecule has 1 fully saturated rings. The Morgan fingerprint density at radius 1 is 1.15 bits per heavy atom. The summed E-state index contributed by atoms with van der Waals surface area (Å²) in [7, 11) is 0. The molecule has 1 aliphatic heterocycles. The van der Waals surface area contributed by atoms with Gasteiger partial charge in [0, 0.05) is 11.4 Å². The molecule has 1 unspecified atom stereocenters. The summed E-state index contributed by atoms with van der Waals surface area (Å²) in [5.41, 5.74) is 3.41. The standard InChI is InChI=1S/C26H25N3O2S2/c1-17-11-12-18(2)22(15-17)29-25(31)19-7-3-4-8-20(19)27-26(29)33-16-24(30)28-13-5-9-21(28)23-10-6-14-32-23/h3-4,6-8,10-12,14-15,21H,5,9,13,16H2,1-2H3. The van der Waals surface area contributed by atoms with E-state index in [1.807, 2.05) is 67.3 Å². The summed E-state index contributed by atoms with van der Waals surface area (Å²) in [6.45, 7) is 4.78. The Morgan fingerprint density at radius 3 is 2.82 bits per heavy atom. The number of hydrogen-bond donors (Lipinski definition) is 0. The second-order valence-electron chi connectivity index (χ2n) is 8.39. The van der Waals surface area contributed by atoms with Crippen LogP contribution in [0.2, 0.25) is 0 Å². The van der Waals surface area contributed by atoms with Gasteiger partial charge in [-0.15, -0.1) is 11.3 Å². The van der Waals surface area contributed by atoms with E-state index in [-0.39, 0.29) is 23.3 Å². The number of para-hydroxylation sites is 1. The van der Waals surface area contributed by atoms with Gasteiger partial charge in [0.2, 0.25) is 5.91 Å². The summed E-state index contributed by atoms with van der Waals surface area (Å²) in [4.78, 5) is 34.8. The minimum absolute atomic E-state index is 0.0887. The molecule has 0 radical (unpaired) electrons. The smallest absolute Gasteiger partial charge is 0.266 e. The maximum Gasteiger partial charge on any atom is 0.266 e. The van der Waals surface area contributed by atoms with Gasteiger partial charge in [-0.1, -0.05) is 42.1 Å². The highest BCUT2D eigenvalue weighted by Crippen LogP contribution is 2.35. The van der Waals surface area contributed by atoms with Crippen LogP contribution in [0.5, 0.6) is 0 Å². The summed E-state index contributed by atoms with van der Waals surface area (Å²) < 4.78 is 1.67. The van der Waals surface area contributed by atoms with Crippen molar-refractivity contribution < 1.29 is 4.79 Å². The van der Waals surface area contributed by atoms with Gasteiger partial charge in [0.1, 0.15) is 0 Å². The van der Waals surface area contributed by atoms with Gasteiger partial charge in [-0.05, 0) is 67.5 Å². The third kappa shape index (κ3) is 4.23. The normalized spacial score (nSPS) is 15.9. The van der Waals surface area contributed by atoms with Crippen molar-refractivity contribution in [1.82, 2.24) is 14.5 Å². The molecule has 0 bridgehead atoms. The highest BCUT2D eigenvalue weighted by Gasteiger charge is 2.30. The Hall–Kier alpha value is -2.90. The summed E-state index contributed by atoms with van der Waals surface area (Å²) in [5, 5.41) is 3.19. The molecular formula is C26H25N3O2S2. The molecule has 1 aliphatic rings. The number of carbonyl (C=O) groups is 1. The van der Waals surface area contributed by atoms with E-state index < -0.39 is 0 Å². The average Bonchev–Trinajstić information content (AvgIpc) is 3.51. The number of thioether (sulfide) groups is 1. The number of benzene rings is 2. The maximum atomic E-state index is 13.5. The number of aromatic nitrogens is 2. The van der Waals surface area contributed by atoms with Gasteiger partial charge in [-0.3, -0.25) is 14.2 Å². The zero-order valence-corrected chi connectivity index (χ0v) is 20.3. The zero-order chi connectivity index (χ0) is 22.9. The van der Waals surface area contributed by atoms with Gasteiger partial charge in [0.25, 0.3) is 5.56 Å². The van der Waals surface area contributed by atoms with Crippen LogP contribution in [0.15, 0.2) is 69.9 Å². The van der Waals surface area contributed by atoms with E-state index in [0.717, 1.165) is 36.2 Å². The second-order valence-corrected chi connectivity index (χ2v) is 10.3. The molecule has 2 aromatic heterocycles. The fourth-order valence-corrected chi connectivity index (χ4v) is 6.20.